The van der Waals surface area contributed by atoms with Crippen LogP contribution in [-0.2, 0) is 4.79 Å². The van der Waals surface area contributed by atoms with E-state index in [9.17, 15) is 14.7 Å². The predicted octanol–water partition coefficient (Wildman–Crippen LogP) is 0.763. The molecule has 7 heteroatoms. The zero-order valence-corrected chi connectivity index (χ0v) is 15.3. The highest BCUT2D eigenvalue weighted by Crippen LogP contribution is 2.31. The van der Waals surface area contributed by atoms with Gasteiger partial charge in [-0.15, -0.1) is 0 Å². The minimum atomic E-state index is -1.06. The Morgan fingerprint density at radius 1 is 1.29 bits per heavy atom. The molecule has 1 atom stereocenters. The lowest BCUT2D eigenvalue weighted by atomic mass is 9.79. The molecule has 0 aliphatic carbocycles. The third-order valence-electron chi connectivity index (χ3n) is 4.10. The number of urea groups is 1. The van der Waals surface area contributed by atoms with Crippen LogP contribution in [0.1, 0.15) is 47.5 Å². The Bertz CT molecular complexity index is 486. The maximum Gasteiger partial charge on any atom is 0.324 e. The summed E-state index contributed by atoms with van der Waals surface area (Å²) in [6.07, 6.45) is 0.281. The highest BCUT2D eigenvalue weighted by Gasteiger charge is 2.41. The average Bonchev–Trinajstić information content (AvgIpc) is 2.40. The quantitative estimate of drug-likeness (QED) is 0.553. The molecule has 0 aromatic carbocycles. The molecule has 4 N–H and O–H groups in total. The van der Waals surface area contributed by atoms with E-state index in [1.165, 1.54) is 11.8 Å². The highest BCUT2D eigenvalue weighted by atomic mass is 16.3. The van der Waals surface area contributed by atoms with Crippen LogP contribution in [0.2, 0.25) is 0 Å². The number of hydrogen-bond acceptors (Lipinski definition) is 5. The van der Waals surface area contributed by atoms with Crippen molar-refractivity contribution in [2.75, 3.05) is 13.2 Å². The fraction of sp³-hybridized carbons (Fsp3) is 0.765. The molecule has 0 bridgehead atoms. The Labute approximate surface area is 144 Å². The van der Waals surface area contributed by atoms with Crippen LogP contribution in [0.15, 0.2) is 12.2 Å². The van der Waals surface area contributed by atoms with Crippen LogP contribution in [0.5, 0.6) is 0 Å². The molecule has 1 aliphatic rings. The van der Waals surface area contributed by atoms with E-state index in [1.807, 2.05) is 0 Å². The molecule has 138 valence electrons. The van der Waals surface area contributed by atoms with Gasteiger partial charge in [0, 0.05) is 22.7 Å². The number of carbonyl (C=O) groups excluding carboxylic acids is 2. The lowest BCUT2D eigenvalue weighted by Gasteiger charge is -2.49. The van der Waals surface area contributed by atoms with Crippen LogP contribution in [0, 0.1) is 0 Å². The molecular formula is C17H31N3O4. The van der Waals surface area contributed by atoms with Crippen LogP contribution in [-0.4, -0.2) is 63.4 Å². The van der Waals surface area contributed by atoms with Crippen molar-refractivity contribution < 1.29 is 19.8 Å². The fourth-order valence-electron chi connectivity index (χ4n) is 3.45. The van der Waals surface area contributed by atoms with Crippen molar-refractivity contribution in [2.24, 2.45) is 0 Å². The monoisotopic (exact) mass is 341 g/mol. The van der Waals surface area contributed by atoms with Gasteiger partial charge in [-0.05, 0) is 47.5 Å². The van der Waals surface area contributed by atoms with E-state index in [1.54, 1.807) is 0 Å². The maximum absolute atomic E-state index is 12.6. The van der Waals surface area contributed by atoms with Gasteiger partial charge in [0.2, 0.25) is 0 Å². The molecule has 7 nitrogen and oxygen atoms in total. The first kappa shape index (κ1) is 20.6. The average molecular weight is 341 g/mol. The van der Waals surface area contributed by atoms with Gasteiger partial charge in [0.25, 0.3) is 5.91 Å². The molecule has 1 aliphatic heterocycles. The first-order valence-electron chi connectivity index (χ1n) is 8.22. The lowest BCUT2D eigenvalue weighted by molar-refractivity contribution is -0.116. The number of aliphatic hydroxyl groups is 2. The van der Waals surface area contributed by atoms with Gasteiger partial charge >= 0.3 is 6.03 Å². The van der Waals surface area contributed by atoms with E-state index in [0.717, 1.165) is 0 Å². The second-order valence-electron chi connectivity index (χ2n) is 7.98. The third-order valence-corrected chi connectivity index (χ3v) is 4.10. The minimum absolute atomic E-state index is 0.0391. The van der Waals surface area contributed by atoms with Gasteiger partial charge in [-0.1, -0.05) is 6.58 Å². The standard InChI is InChI=1S/C17H31N3O4/c1-11(2)14(23)18-15(24)20(9-13(22)10-21)12-7-16(3,4)19-17(5,6)8-12/h12-13,19,21-22H,1,7-10H2,2-6H3,(H,18,23,24). The molecule has 0 saturated carbocycles. The Morgan fingerprint density at radius 2 is 1.79 bits per heavy atom. The number of piperidine rings is 1. The second-order valence-corrected chi connectivity index (χ2v) is 7.98. The summed E-state index contributed by atoms with van der Waals surface area (Å²) in [5, 5.41) is 24.8. The number of amides is 3. The Hall–Kier alpha value is -1.44. The first-order chi connectivity index (χ1) is 10.9. The number of nitrogens with one attached hydrogen (secondary N) is 2. The topological polar surface area (TPSA) is 102 Å². The van der Waals surface area contributed by atoms with Gasteiger partial charge in [0.15, 0.2) is 0 Å². The van der Waals surface area contributed by atoms with Gasteiger partial charge in [-0.25, -0.2) is 4.79 Å². The van der Waals surface area contributed by atoms with Crippen LogP contribution >= 0.6 is 0 Å². The van der Waals surface area contributed by atoms with E-state index in [0.29, 0.717) is 12.8 Å². The number of rotatable bonds is 5. The first-order valence-corrected chi connectivity index (χ1v) is 8.22. The van der Waals surface area contributed by atoms with Gasteiger partial charge in [-0.3, -0.25) is 10.1 Å². The van der Waals surface area contributed by atoms with Gasteiger partial charge in [0.05, 0.1) is 19.3 Å². The molecule has 0 radical (unpaired) electrons. The summed E-state index contributed by atoms with van der Waals surface area (Å²) in [4.78, 5) is 25.8. The van der Waals surface area contributed by atoms with Crippen LogP contribution in [0.4, 0.5) is 4.79 Å². The Morgan fingerprint density at radius 3 is 2.21 bits per heavy atom. The zero-order valence-electron chi connectivity index (χ0n) is 15.3. The van der Waals surface area contributed by atoms with Crippen LogP contribution in [0.3, 0.4) is 0 Å². The van der Waals surface area contributed by atoms with E-state index in [-0.39, 0.29) is 29.2 Å². The van der Waals surface area contributed by atoms with Crippen molar-refractivity contribution in [1.82, 2.24) is 15.5 Å². The van der Waals surface area contributed by atoms with Crippen molar-refractivity contribution in [3.63, 3.8) is 0 Å². The number of nitrogens with zero attached hydrogens (tertiary/aromatic N) is 1. The zero-order chi connectivity index (χ0) is 18.7. The summed E-state index contributed by atoms with van der Waals surface area (Å²) >= 11 is 0. The molecule has 1 unspecified atom stereocenters. The summed E-state index contributed by atoms with van der Waals surface area (Å²) in [5.41, 5.74) is -0.169. The van der Waals surface area contributed by atoms with Crippen LogP contribution in [0.25, 0.3) is 0 Å². The molecule has 1 rings (SSSR count). The van der Waals surface area contributed by atoms with Crippen molar-refractivity contribution in [1.29, 1.82) is 0 Å². The minimum Gasteiger partial charge on any atom is -0.394 e. The van der Waals surface area contributed by atoms with Crippen molar-refractivity contribution in [3.8, 4) is 0 Å². The van der Waals surface area contributed by atoms with Crippen LogP contribution < -0.4 is 10.6 Å². The SMILES string of the molecule is C=C(C)C(=O)NC(=O)N(CC(O)CO)C1CC(C)(C)NC(C)(C)C1. The summed E-state index contributed by atoms with van der Waals surface area (Å²) < 4.78 is 0. The van der Waals surface area contributed by atoms with E-state index in [4.69, 9.17) is 5.11 Å². The Kier molecular flexibility index (Phi) is 6.55. The molecule has 0 aromatic heterocycles. The Balaban J connectivity index is 3.01. The summed E-state index contributed by atoms with van der Waals surface area (Å²) in [6, 6.07) is -0.746. The predicted molar refractivity (Wildman–Crippen MR) is 92.5 cm³/mol. The molecule has 1 saturated heterocycles. The van der Waals surface area contributed by atoms with E-state index < -0.39 is 24.6 Å². The van der Waals surface area contributed by atoms with E-state index in [2.05, 4.69) is 44.9 Å². The molecule has 1 heterocycles. The number of hydrogen-bond donors (Lipinski definition) is 4. The summed E-state index contributed by atoms with van der Waals surface area (Å²) in [5.74, 6) is -0.545. The number of carbonyl (C=O) groups is 2. The largest absolute Gasteiger partial charge is 0.394 e. The summed E-state index contributed by atoms with van der Waals surface area (Å²) in [7, 11) is 0. The van der Waals surface area contributed by atoms with Crippen molar-refractivity contribution in [2.45, 2.75) is 70.7 Å². The fourth-order valence-corrected chi connectivity index (χ4v) is 3.45. The van der Waals surface area contributed by atoms with Gasteiger partial charge < -0.3 is 20.4 Å². The lowest BCUT2D eigenvalue weighted by Crippen LogP contribution is -2.64. The molecule has 0 aromatic rings. The van der Waals surface area contributed by atoms with Gasteiger partial charge in [-0.2, -0.15) is 0 Å². The second kappa shape index (κ2) is 7.63. The molecular weight excluding hydrogens is 310 g/mol. The highest BCUT2D eigenvalue weighted by molar-refractivity contribution is 6.03. The molecule has 3 amide bonds. The molecule has 24 heavy (non-hydrogen) atoms. The van der Waals surface area contributed by atoms with E-state index >= 15 is 0 Å². The van der Waals surface area contributed by atoms with Crippen molar-refractivity contribution in [3.05, 3.63) is 12.2 Å². The maximum atomic E-state index is 12.6. The van der Waals surface area contributed by atoms with Crippen molar-refractivity contribution >= 4 is 11.9 Å². The number of aliphatic hydroxyl groups excluding tert-OH is 2. The molecule has 0 spiro atoms. The smallest absolute Gasteiger partial charge is 0.324 e. The third kappa shape index (κ3) is 5.89. The summed E-state index contributed by atoms with van der Waals surface area (Å²) in [6.45, 7) is 12.8. The van der Waals surface area contributed by atoms with Gasteiger partial charge in [0.1, 0.15) is 0 Å². The number of imide groups is 1. The normalized spacial score (nSPS) is 21.0. The molecule has 1 fully saturated rings.